The van der Waals surface area contributed by atoms with Crippen molar-refractivity contribution < 1.29 is 9.47 Å². The van der Waals surface area contributed by atoms with Crippen LogP contribution < -0.4 is 10.1 Å². The van der Waals surface area contributed by atoms with E-state index in [9.17, 15) is 0 Å². The summed E-state index contributed by atoms with van der Waals surface area (Å²) in [5, 5.41) is 3.55. The fraction of sp³-hybridized carbons (Fsp3) is 0.611. The molecule has 1 saturated heterocycles. The highest BCUT2D eigenvalue weighted by atomic mass is 127. The number of halogens is 1. The number of guanidine groups is 1. The Morgan fingerprint density at radius 2 is 1.96 bits per heavy atom. The second-order valence-corrected chi connectivity index (χ2v) is 7.38. The average molecular weight is 479 g/mol. The van der Waals surface area contributed by atoms with Crippen molar-refractivity contribution >= 4 is 41.7 Å². The molecule has 0 atom stereocenters. The zero-order chi connectivity index (χ0) is 17.4. The van der Waals surface area contributed by atoms with Crippen LogP contribution in [0.2, 0.25) is 0 Å². The van der Waals surface area contributed by atoms with Gasteiger partial charge in [-0.1, -0.05) is 12.1 Å². The summed E-state index contributed by atoms with van der Waals surface area (Å²) in [6.45, 7) is 3.42. The minimum Gasteiger partial charge on any atom is -0.497 e. The Balaban J connectivity index is 0.00000312. The van der Waals surface area contributed by atoms with E-state index in [2.05, 4.69) is 40.6 Å². The van der Waals surface area contributed by atoms with Crippen molar-refractivity contribution in [3.8, 4) is 5.75 Å². The number of nitrogens with one attached hydrogen (secondary N) is 1. The van der Waals surface area contributed by atoms with Crippen LogP contribution in [0.15, 0.2) is 29.3 Å². The lowest BCUT2D eigenvalue weighted by atomic mass is 9.99. The van der Waals surface area contributed by atoms with E-state index in [4.69, 9.17) is 9.47 Å². The Morgan fingerprint density at radius 1 is 1.32 bits per heavy atom. The molecule has 1 aliphatic heterocycles. The number of hydrogen-bond acceptors (Lipinski definition) is 4. The molecule has 0 saturated carbocycles. The van der Waals surface area contributed by atoms with Crippen LogP contribution in [0, 0.1) is 0 Å². The number of methoxy groups -OCH3 is 1. The van der Waals surface area contributed by atoms with Gasteiger partial charge in [0.2, 0.25) is 0 Å². The van der Waals surface area contributed by atoms with Gasteiger partial charge in [-0.2, -0.15) is 11.8 Å². The number of ether oxygens (including phenoxy) is 2. The van der Waals surface area contributed by atoms with Crippen LogP contribution in [0.25, 0.3) is 0 Å². The zero-order valence-corrected chi connectivity index (χ0v) is 18.7. The first-order valence-electron chi connectivity index (χ1n) is 8.30. The van der Waals surface area contributed by atoms with Gasteiger partial charge in [0.1, 0.15) is 5.75 Å². The fourth-order valence-corrected chi connectivity index (χ4v) is 3.69. The van der Waals surface area contributed by atoms with Gasteiger partial charge >= 0.3 is 0 Å². The van der Waals surface area contributed by atoms with Crippen LogP contribution in [0.1, 0.15) is 18.4 Å². The number of benzene rings is 1. The molecule has 25 heavy (non-hydrogen) atoms. The van der Waals surface area contributed by atoms with E-state index >= 15 is 0 Å². The molecule has 0 aliphatic carbocycles. The summed E-state index contributed by atoms with van der Waals surface area (Å²) in [4.78, 5) is 6.58. The summed E-state index contributed by atoms with van der Waals surface area (Å²) in [6, 6.07) is 8.16. The SMILES string of the molecule is CN=C(NCC1(SC)CCOCC1)N(C)Cc1ccc(OC)cc1.I. The molecular weight excluding hydrogens is 449 g/mol. The molecule has 0 radical (unpaired) electrons. The van der Waals surface area contributed by atoms with Crippen LogP contribution in [0.4, 0.5) is 0 Å². The molecule has 1 N–H and O–H groups in total. The molecule has 1 aromatic rings. The first-order chi connectivity index (χ1) is 11.6. The van der Waals surface area contributed by atoms with Gasteiger partial charge in [-0.3, -0.25) is 4.99 Å². The van der Waals surface area contributed by atoms with Gasteiger partial charge < -0.3 is 19.7 Å². The van der Waals surface area contributed by atoms with Gasteiger partial charge in [0, 0.05) is 45.1 Å². The molecular formula is C18H30IN3O2S. The third-order valence-electron chi connectivity index (χ3n) is 4.56. The van der Waals surface area contributed by atoms with Gasteiger partial charge in [-0.25, -0.2) is 0 Å². The summed E-state index contributed by atoms with van der Waals surface area (Å²) in [7, 11) is 5.59. The first kappa shape index (κ1) is 22.4. The van der Waals surface area contributed by atoms with Crippen molar-refractivity contribution in [3.05, 3.63) is 29.8 Å². The normalized spacial score (nSPS) is 16.7. The molecule has 0 amide bonds. The molecule has 1 heterocycles. The van der Waals surface area contributed by atoms with Gasteiger partial charge in [-0.15, -0.1) is 24.0 Å². The molecule has 5 nitrogen and oxygen atoms in total. The van der Waals surface area contributed by atoms with Crippen molar-refractivity contribution in [1.29, 1.82) is 0 Å². The van der Waals surface area contributed by atoms with Crippen molar-refractivity contribution in [2.45, 2.75) is 24.1 Å². The summed E-state index contributed by atoms with van der Waals surface area (Å²) >= 11 is 1.94. The largest absolute Gasteiger partial charge is 0.497 e. The number of rotatable bonds is 6. The molecule has 1 aliphatic rings. The maximum absolute atomic E-state index is 5.51. The van der Waals surface area contributed by atoms with E-state index < -0.39 is 0 Å². The third kappa shape index (κ3) is 6.53. The predicted octanol–water partition coefficient (Wildman–Crippen LogP) is 3.23. The summed E-state index contributed by atoms with van der Waals surface area (Å²) in [5.41, 5.74) is 1.23. The van der Waals surface area contributed by atoms with Gasteiger partial charge in [0.05, 0.1) is 7.11 Å². The van der Waals surface area contributed by atoms with Crippen molar-refractivity contribution in [2.75, 3.05) is 47.2 Å². The Kier molecular flexibility index (Phi) is 9.96. The standard InChI is InChI=1S/C18H29N3O2S.HI/c1-19-17(20-14-18(24-4)9-11-23-12-10-18)21(2)13-15-5-7-16(22-3)8-6-15;/h5-8H,9-14H2,1-4H3,(H,19,20);1H. The van der Waals surface area contributed by atoms with E-state index in [1.807, 2.05) is 30.9 Å². The lowest BCUT2D eigenvalue weighted by Crippen LogP contribution is -2.48. The van der Waals surface area contributed by atoms with E-state index in [1.165, 1.54) is 5.56 Å². The van der Waals surface area contributed by atoms with Gasteiger partial charge in [-0.05, 0) is 36.8 Å². The molecule has 1 fully saturated rings. The molecule has 0 spiro atoms. The smallest absolute Gasteiger partial charge is 0.193 e. The molecule has 0 unspecified atom stereocenters. The Labute approximate surface area is 173 Å². The van der Waals surface area contributed by atoms with Crippen molar-refractivity contribution in [2.24, 2.45) is 4.99 Å². The van der Waals surface area contributed by atoms with Crippen molar-refractivity contribution in [3.63, 3.8) is 0 Å². The molecule has 2 rings (SSSR count). The predicted molar refractivity (Wildman–Crippen MR) is 118 cm³/mol. The Morgan fingerprint density at radius 3 is 2.48 bits per heavy atom. The Hall–Kier alpha value is -0.670. The highest BCUT2D eigenvalue weighted by molar-refractivity contribution is 14.0. The maximum Gasteiger partial charge on any atom is 0.193 e. The van der Waals surface area contributed by atoms with Crippen molar-refractivity contribution in [1.82, 2.24) is 10.2 Å². The topological polar surface area (TPSA) is 46.1 Å². The summed E-state index contributed by atoms with van der Waals surface area (Å²) in [6.07, 6.45) is 4.36. The number of aliphatic imine (C=N–C) groups is 1. The second kappa shape index (κ2) is 11.1. The average Bonchev–Trinajstić information content (AvgIpc) is 2.63. The number of thioether (sulfide) groups is 1. The fourth-order valence-electron chi connectivity index (χ4n) is 2.90. The molecule has 1 aromatic carbocycles. The van der Waals surface area contributed by atoms with Crippen LogP contribution in [0.5, 0.6) is 5.75 Å². The lowest BCUT2D eigenvalue weighted by Gasteiger charge is -2.37. The zero-order valence-electron chi connectivity index (χ0n) is 15.6. The van der Waals surface area contributed by atoms with E-state index in [0.717, 1.165) is 50.9 Å². The van der Waals surface area contributed by atoms with Crippen LogP contribution >= 0.6 is 35.7 Å². The van der Waals surface area contributed by atoms with E-state index in [0.29, 0.717) is 0 Å². The monoisotopic (exact) mass is 479 g/mol. The minimum atomic E-state index is 0. The van der Waals surface area contributed by atoms with Crippen LogP contribution in [-0.2, 0) is 11.3 Å². The molecule has 7 heteroatoms. The molecule has 142 valence electrons. The summed E-state index contributed by atoms with van der Waals surface area (Å²) < 4.78 is 11.0. The maximum atomic E-state index is 5.51. The Bertz CT molecular complexity index is 534. The van der Waals surface area contributed by atoms with Crippen LogP contribution in [-0.4, -0.2) is 62.8 Å². The highest BCUT2D eigenvalue weighted by Gasteiger charge is 2.32. The lowest BCUT2D eigenvalue weighted by molar-refractivity contribution is 0.0781. The quantitative estimate of drug-likeness (QED) is 0.386. The minimum absolute atomic E-state index is 0. The number of hydrogen-bond donors (Lipinski definition) is 1. The summed E-state index contributed by atoms with van der Waals surface area (Å²) in [5.74, 6) is 1.80. The highest BCUT2D eigenvalue weighted by Crippen LogP contribution is 2.33. The molecule has 0 aromatic heterocycles. The number of nitrogens with zero attached hydrogens (tertiary/aromatic N) is 2. The van der Waals surface area contributed by atoms with Crippen LogP contribution in [0.3, 0.4) is 0 Å². The third-order valence-corrected chi connectivity index (χ3v) is 5.98. The first-order valence-corrected chi connectivity index (χ1v) is 9.52. The molecule has 0 bridgehead atoms. The van der Waals surface area contributed by atoms with E-state index in [1.54, 1.807) is 7.11 Å². The van der Waals surface area contributed by atoms with Gasteiger partial charge in [0.15, 0.2) is 5.96 Å². The van der Waals surface area contributed by atoms with Gasteiger partial charge in [0.25, 0.3) is 0 Å². The second-order valence-electron chi connectivity index (χ2n) is 6.10. The van der Waals surface area contributed by atoms with E-state index in [-0.39, 0.29) is 28.7 Å².